The first kappa shape index (κ1) is 13.9. The summed E-state index contributed by atoms with van der Waals surface area (Å²) in [6, 6.07) is 6.27. The van der Waals surface area contributed by atoms with Gasteiger partial charge in [-0.1, -0.05) is 24.8 Å². The summed E-state index contributed by atoms with van der Waals surface area (Å²) in [4.78, 5) is 6.90. The number of nitrogens with zero attached hydrogens (tertiary/aromatic N) is 2. The lowest BCUT2D eigenvalue weighted by Crippen LogP contribution is -2.00. The van der Waals surface area contributed by atoms with Gasteiger partial charge in [0.05, 0.1) is 0 Å². The third kappa shape index (κ3) is 3.06. The highest BCUT2D eigenvalue weighted by Crippen LogP contribution is 2.35. The second-order valence-corrected chi connectivity index (χ2v) is 6.46. The molecule has 2 aromatic rings. The number of aryl methyl sites for hydroxylation is 1. The molecule has 0 radical (unpaired) electrons. The molecule has 0 amide bonds. The van der Waals surface area contributed by atoms with Gasteiger partial charge < -0.3 is 5.73 Å². The van der Waals surface area contributed by atoms with Crippen LogP contribution in [0.25, 0.3) is 0 Å². The van der Waals surface area contributed by atoms with Gasteiger partial charge in [0, 0.05) is 22.8 Å². The number of benzene rings is 1. The normalized spacial score (nSPS) is 10.8. The SMILES string of the molecule is CCc1nsc(Sc2cccc(SC)c2CN)n1. The maximum absolute atomic E-state index is 5.85. The Hall–Kier alpha value is -0.560. The van der Waals surface area contributed by atoms with E-state index in [1.807, 2.05) is 0 Å². The molecule has 2 N–H and O–H groups in total. The summed E-state index contributed by atoms with van der Waals surface area (Å²) in [5.41, 5.74) is 7.05. The molecule has 0 bridgehead atoms. The van der Waals surface area contributed by atoms with Crippen molar-refractivity contribution in [3.63, 3.8) is 0 Å². The average molecular weight is 297 g/mol. The predicted molar refractivity (Wildman–Crippen MR) is 79.5 cm³/mol. The van der Waals surface area contributed by atoms with Gasteiger partial charge in [-0.25, -0.2) is 4.98 Å². The van der Waals surface area contributed by atoms with Gasteiger partial charge in [-0.2, -0.15) is 4.37 Å². The van der Waals surface area contributed by atoms with E-state index in [9.17, 15) is 0 Å². The summed E-state index contributed by atoms with van der Waals surface area (Å²) in [5, 5.41) is 0. The first-order valence-electron chi connectivity index (χ1n) is 5.64. The van der Waals surface area contributed by atoms with Crippen LogP contribution in [0.2, 0.25) is 0 Å². The molecule has 18 heavy (non-hydrogen) atoms. The third-order valence-corrected chi connectivity index (χ3v) is 5.19. The number of aromatic nitrogens is 2. The molecular weight excluding hydrogens is 282 g/mol. The number of hydrogen-bond acceptors (Lipinski definition) is 6. The van der Waals surface area contributed by atoms with E-state index in [0.717, 1.165) is 16.6 Å². The summed E-state index contributed by atoms with van der Waals surface area (Å²) >= 11 is 4.84. The lowest BCUT2D eigenvalue weighted by molar-refractivity contribution is 0.964. The van der Waals surface area contributed by atoms with Crippen molar-refractivity contribution in [2.45, 2.75) is 34.0 Å². The molecule has 3 nitrogen and oxygen atoms in total. The van der Waals surface area contributed by atoms with E-state index in [4.69, 9.17) is 5.73 Å². The number of nitrogens with two attached hydrogens (primary N) is 1. The highest BCUT2D eigenvalue weighted by Gasteiger charge is 2.10. The van der Waals surface area contributed by atoms with E-state index in [0.29, 0.717) is 6.54 Å². The molecule has 2 rings (SSSR count). The summed E-state index contributed by atoms with van der Waals surface area (Å²) in [6.45, 7) is 2.62. The zero-order valence-electron chi connectivity index (χ0n) is 10.3. The fourth-order valence-corrected chi connectivity index (χ4v) is 4.10. The van der Waals surface area contributed by atoms with E-state index in [2.05, 4.69) is 40.7 Å². The van der Waals surface area contributed by atoms with E-state index < -0.39 is 0 Å². The van der Waals surface area contributed by atoms with Crippen LogP contribution in [0.15, 0.2) is 32.3 Å². The highest BCUT2D eigenvalue weighted by atomic mass is 32.2. The van der Waals surface area contributed by atoms with Crippen LogP contribution in [-0.4, -0.2) is 15.6 Å². The molecule has 0 spiro atoms. The molecule has 1 aromatic heterocycles. The Labute approximate surface area is 120 Å². The van der Waals surface area contributed by atoms with Crippen molar-refractivity contribution in [3.05, 3.63) is 29.6 Å². The van der Waals surface area contributed by atoms with E-state index in [1.54, 1.807) is 23.5 Å². The Bertz CT molecular complexity index is 525. The molecule has 0 unspecified atom stereocenters. The van der Waals surface area contributed by atoms with Crippen molar-refractivity contribution < 1.29 is 0 Å². The van der Waals surface area contributed by atoms with Gasteiger partial charge in [0.15, 0.2) is 4.34 Å². The van der Waals surface area contributed by atoms with Gasteiger partial charge in [0.2, 0.25) is 0 Å². The standard InChI is InChI=1S/C12H15N3S3/c1-3-11-14-12(18-15-11)17-10-6-4-5-9(16-2)8(10)7-13/h4-6H,3,7,13H2,1-2H3. The predicted octanol–water partition coefficient (Wildman–Crippen LogP) is 3.43. The van der Waals surface area contributed by atoms with Crippen molar-refractivity contribution in [2.75, 3.05) is 6.26 Å². The smallest absolute Gasteiger partial charge is 0.174 e. The van der Waals surface area contributed by atoms with Gasteiger partial charge in [-0.05, 0) is 35.5 Å². The second-order valence-electron chi connectivity index (χ2n) is 3.57. The van der Waals surface area contributed by atoms with Crippen LogP contribution >= 0.6 is 35.1 Å². The minimum absolute atomic E-state index is 0.554. The number of rotatable bonds is 5. The van der Waals surface area contributed by atoms with Gasteiger partial charge in [0.25, 0.3) is 0 Å². The van der Waals surface area contributed by atoms with Crippen molar-refractivity contribution in [2.24, 2.45) is 5.73 Å². The minimum Gasteiger partial charge on any atom is -0.326 e. The molecule has 0 aliphatic carbocycles. The average Bonchev–Trinajstić information content (AvgIpc) is 2.86. The number of hydrogen-bond donors (Lipinski definition) is 1. The van der Waals surface area contributed by atoms with E-state index in [1.165, 1.54) is 26.9 Å². The molecule has 0 saturated heterocycles. The Kier molecular flexibility index (Phi) is 5.05. The Morgan fingerprint density at radius 3 is 2.72 bits per heavy atom. The Morgan fingerprint density at radius 2 is 2.11 bits per heavy atom. The monoisotopic (exact) mass is 297 g/mol. The maximum atomic E-state index is 5.85. The highest BCUT2D eigenvalue weighted by molar-refractivity contribution is 8.01. The van der Waals surface area contributed by atoms with Crippen LogP contribution in [0.1, 0.15) is 18.3 Å². The van der Waals surface area contributed by atoms with Crippen LogP contribution < -0.4 is 5.73 Å². The van der Waals surface area contributed by atoms with Crippen molar-refractivity contribution in [1.82, 2.24) is 9.36 Å². The Balaban J connectivity index is 2.28. The van der Waals surface area contributed by atoms with Crippen LogP contribution in [0.4, 0.5) is 0 Å². The lowest BCUT2D eigenvalue weighted by Gasteiger charge is -2.09. The first-order chi connectivity index (χ1) is 8.78. The minimum atomic E-state index is 0.554. The lowest BCUT2D eigenvalue weighted by atomic mass is 10.2. The summed E-state index contributed by atoms with van der Waals surface area (Å²) in [5.74, 6) is 0.915. The third-order valence-electron chi connectivity index (χ3n) is 2.48. The maximum Gasteiger partial charge on any atom is 0.174 e. The quantitative estimate of drug-likeness (QED) is 0.857. The molecule has 0 aliphatic rings. The molecule has 0 atom stereocenters. The molecule has 1 aromatic carbocycles. The molecule has 0 aliphatic heterocycles. The summed E-state index contributed by atoms with van der Waals surface area (Å²) in [6.07, 6.45) is 2.95. The molecular formula is C12H15N3S3. The molecule has 1 heterocycles. The molecule has 0 saturated carbocycles. The summed E-state index contributed by atoms with van der Waals surface area (Å²) < 4.78 is 5.29. The van der Waals surface area contributed by atoms with Gasteiger partial charge in [-0.3, -0.25) is 0 Å². The van der Waals surface area contributed by atoms with Crippen molar-refractivity contribution in [3.8, 4) is 0 Å². The van der Waals surface area contributed by atoms with Gasteiger partial charge in [-0.15, -0.1) is 11.8 Å². The zero-order chi connectivity index (χ0) is 13.0. The topological polar surface area (TPSA) is 51.8 Å². The fourth-order valence-electron chi connectivity index (χ4n) is 1.55. The Morgan fingerprint density at radius 1 is 1.33 bits per heavy atom. The zero-order valence-corrected chi connectivity index (χ0v) is 12.8. The summed E-state index contributed by atoms with van der Waals surface area (Å²) in [7, 11) is 0. The van der Waals surface area contributed by atoms with Crippen LogP contribution in [0.3, 0.4) is 0 Å². The molecule has 96 valence electrons. The van der Waals surface area contributed by atoms with Crippen LogP contribution in [0.5, 0.6) is 0 Å². The number of thioether (sulfide) groups is 1. The second kappa shape index (κ2) is 6.56. The molecule has 0 fully saturated rings. The van der Waals surface area contributed by atoms with Crippen molar-refractivity contribution in [1.29, 1.82) is 0 Å². The fraction of sp³-hybridized carbons (Fsp3) is 0.333. The first-order valence-corrected chi connectivity index (χ1v) is 8.46. The largest absolute Gasteiger partial charge is 0.326 e. The van der Waals surface area contributed by atoms with Gasteiger partial charge in [0.1, 0.15) is 5.82 Å². The van der Waals surface area contributed by atoms with Crippen LogP contribution in [0, 0.1) is 0 Å². The van der Waals surface area contributed by atoms with E-state index >= 15 is 0 Å². The van der Waals surface area contributed by atoms with Crippen LogP contribution in [-0.2, 0) is 13.0 Å². The van der Waals surface area contributed by atoms with Crippen molar-refractivity contribution >= 4 is 35.1 Å². The van der Waals surface area contributed by atoms with Gasteiger partial charge >= 0.3 is 0 Å². The van der Waals surface area contributed by atoms with E-state index in [-0.39, 0.29) is 0 Å². The molecule has 6 heteroatoms.